The molecule has 0 fully saturated rings. The van der Waals surface area contributed by atoms with E-state index in [1.165, 1.54) is 33.4 Å². The van der Waals surface area contributed by atoms with Crippen molar-refractivity contribution in [2.75, 3.05) is 0 Å². The Kier molecular flexibility index (Phi) is 7.17. The van der Waals surface area contributed by atoms with Gasteiger partial charge in [-0.2, -0.15) is 0 Å². The Morgan fingerprint density at radius 1 is 0.393 bits per heavy atom. The van der Waals surface area contributed by atoms with E-state index in [0.717, 1.165) is 60.5 Å². The molecular weight excluding hydrogens is 683 g/mol. The second-order valence-corrected chi connectivity index (χ2v) is 15.2. The molecule has 0 atom stereocenters. The van der Waals surface area contributed by atoms with Crippen molar-refractivity contribution in [1.29, 1.82) is 0 Å². The predicted molar refractivity (Wildman–Crippen MR) is 229 cm³/mol. The molecule has 8 aromatic carbocycles. The molecular formula is C52H35N3O. The van der Waals surface area contributed by atoms with Gasteiger partial charge in [-0.3, -0.25) is 0 Å². The fraction of sp³-hybridized carbons (Fsp3) is 0.0577. The van der Waals surface area contributed by atoms with Gasteiger partial charge in [0, 0.05) is 38.4 Å². The summed E-state index contributed by atoms with van der Waals surface area (Å²) in [4.78, 5) is 15.2. The molecule has 4 nitrogen and oxygen atoms in total. The maximum atomic E-state index is 6.89. The molecule has 1 aliphatic rings. The van der Waals surface area contributed by atoms with Gasteiger partial charge >= 0.3 is 0 Å². The molecule has 2 heterocycles. The zero-order chi connectivity index (χ0) is 37.4. The lowest BCUT2D eigenvalue weighted by molar-refractivity contribution is 0.660. The Morgan fingerprint density at radius 3 is 1.64 bits per heavy atom. The summed E-state index contributed by atoms with van der Waals surface area (Å²) in [6, 6.07) is 61.9. The number of hydrogen-bond donors (Lipinski definition) is 0. The van der Waals surface area contributed by atoms with Gasteiger partial charge in [0.15, 0.2) is 17.5 Å². The van der Waals surface area contributed by atoms with E-state index in [-0.39, 0.29) is 5.41 Å². The van der Waals surface area contributed by atoms with E-state index >= 15 is 0 Å². The summed E-state index contributed by atoms with van der Waals surface area (Å²) in [7, 11) is 0. The fourth-order valence-corrected chi connectivity index (χ4v) is 8.63. The van der Waals surface area contributed by atoms with Crippen LogP contribution in [0.4, 0.5) is 0 Å². The number of aromatic nitrogens is 3. The molecule has 56 heavy (non-hydrogen) atoms. The highest BCUT2D eigenvalue weighted by molar-refractivity contribution is 6.18. The van der Waals surface area contributed by atoms with Crippen molar-refractivity contribution in [3.8, 4) is 67.5 Å². The SMILES string of the molecule is CC1(C)c2ccccc2-c2ccc(-c3ccc(-c4ccc(-c5nc(-c6ccccc6)nc(-c6ccccc6)n5)c5c4oc4cc6ccccc6cc45)cc3)cc21. The highest BCUT2D eigenvalue weighted by atomic mass is 16.3. The number of rotatable bonds is 5. The second-order valence-electron chi connectivity index (χ2n) is 15.2. The van der Waals surface area contributed by atoms with Crippen LogP contribution in [-0.4, -0.2) is 15.0 Å². The third-order valence-electron chi connectivity index (χ3n) is 11.5. The normalized spacial score (nSPS) is 13.0. The first kappa shape index (κ1) is 32.3. The Morgan fingerprint density at radius 2 is 0.929 bits per heavy atom. The molecule has 0 unspecified atom stereocenters. The molecule has 4 heteroatoms. The smallest absolute Gasteiger partial charge is 0.164 e. The van der Waals surface area contributed by atoms with Crippen molar-refractivity contribution in [1.82, 2.24) is 15.0 Å². The first-order valence-electron chi connectivity index (χ1n) is 19.1. The van der Waals surface area contributed by atoms with Crippen molar-refractivity contribution < 1.29 is 4.42 Å². The topological polar surface area (TPSA) is 51.8 Å². The van der Waals surface area contributed by atoms with E-state index < -0.39 is 0 Å². The molecule has 0 saturated heterocycles. The molecule has 10 aromatic rings. The van der Waals surface area contributed by atoms with Gasteiger partial charge in [-0.05, 0) is 80.0 Å². The predicted octanol–water partition coefficient (Wildman–Crippen LogP) is 13.6. The summed E-state index contributed by atoms with van der Waals surface area (Å²) in [6.07, 6.45) is 0. The Labute approximate surface area is 324 Å². The fourth-order valence-electron chi connectivity index (χ4n) is 8.63. The average Bonchev–Trinajstić information content (AvgIpc) is 3.74. The Balaban J connectivity index is 1.08. The largest absolute Gasteiger partial charge is 0.455 e. The van der Waals surface area contributed by atoms with Gasteiger partial charge in [-0.1, -0.05) is 159 Å². The summed E-state index contributed by atoms with van der Waals surface area (Å²) >= 11 is 0. The lowest BCUT2D eigenvalue weighted by Crippen LogP contribution is -2.14. The first-order valence-corrected chi connectivity index (χ1v) is 19.1. The van der Waals surface area contributed by atoms with Gasteiger partial charge < -0.3 is 4.42 Å². The molecule has 0 amide bonds. The van der Waals surface area contributed by atoms with Crippen LogP contribution in [0.25, 0.3) is 100 Å². The van der Waals surface area contributed by atoms with Crippen molar-refractivity contribution >= 4 is 32.7 Å². The third kappa shape index (κ3) is 5.10. The van der Waals surface area contributed by atoms with Gasteiger partial charge in [0.2, 0.25) is 0 Å². The maximum absolute atomic E-state index is 6.89. The standard InChI is InChI=1S/C52H35N3O/c1-52(2)44-20-12-11-19-40(44)41-26-25-38(30-45(41)52)32-21-23-33(24-22-32)39-27-28-42(47-43-29-36-17-9-10-18-37(36)31-46(43)56-48(39)47)51-54-49(34-13-5-3-6-14-34)53-50(55-51)35-15-7-4-8-16-35/h3-31H,1-2H3. The molecule has 264 valence electrons. The summed E-state index contributed by atoms with van der Waals surface area (Å²) < 4.78 is 6.89. The number of fused-ring (bicyclic) bond motifs is 7. The second kappa shape index (κ2) is 12.4. The van der Waals surface area contributed by atoms with Crippen LogP contribution in [0.3, 0.4) is 0 Å². The van der Waals surface area contributed by atoms with Gasteiger partial charge in [-0.25, -0.2) is 15.0 Å². The monoisotopic (exact) mass is 717 g/mol. The van der Waals surface area contributed by atoms with E-state index in [1.54, 1.807) is 0 Å². The van der Waals surface area contributed by atoms with Gasteiger partial charge in [0.25, 0.3) is 0 Å². The van der Waals surface area contributed by atoms with Crippen LogP contribution in [0, 0.1) is 0 Å². The van der Waals surface area contributed by atoms with Gasteiger partial charge in [-0.15, -0.1) is 0 Å². The quantitative estimate of drug-likeness (QED) is 0.178. The average molecular weight is 718 g/mol. The highest BCUT2D eigenvalue weighted by Crippen LogP contribution is 2.50. The van der Waals surface area contributed by atoms with E-state index in [4.69, 9.17) is 19.4 Å². The van der Waals surface area contributed by atoms with Crippen LogP contribution < -0.4 is 0 Å². The molecule has 0 spiro atoms. The zero-order valence-electron chi connectivity index (χ0n) is 31.0. The van der Waals surface area contributed by atoms with E-state index in [9.17, 15) is 0 Å². The highest BCUT2D eigenvalue weighted by Gasteiger charge is 2.35. The van der Waals surface area contributed by atoms with Crippen LogP contribution in [0.1, 0.15) is 25.0 Å². The van der Waals surface area contributed by atoms with Crippen molar-refractivity contribution in [2.45, 2.75) is 19.3 Å². The molecule has 1 aliphatic carbocycles. The molecule has 2 aromatic heterocycles. The molecule has 0 radical (unpaired) electrons. The van der Waals surface area contributed by atoms with Gasteiger partial charge in [0.1, 0.15) is 11.2 Å². The minimum absolute atomic E-state index is 0.0520. The number of hydrogen-bond acceptors (Lipinski definition) is 4. The Hall–Kier alpha value is -7.17. The van der Waals surface area contributed by atoms with Crippen molar-refractivity contribution in [3.05, 3.63) is 187 Å². The first-order chi connectivity index (χ1) is 27.5. The van der Waals surface area contributed by atoms with E-state index in [0.29, 0.717) is 17.5 Å². The number of nitrogens with zero attached hydrogens (tertiary/aromatic N) is 3. The van der Waals surface area contributed by atoms with E-state index in [2.05, 4.69) is 129 Å². The van der Waals surface area contributed by atoms with Crippen LogP contribution in [0.5, 0.6) is 0 Å². The van der Waals surface area contributed by atoms with E-state index in [1.807, 2.05) is 60.7 Å². The summed E-state index contributed by atoms with van der Waals surface area (Å²) in [5.41, 5.74) is 14.3. The molecule has 0 aliphatic heterocycles. The lowest BCUT2D eigenvalue weighted by Gasteiger charge is -2.22. The zero-order valence-corrected chi connectivity index (χ0v) is 31.0. The van der Waals surface area contributed by atoms with Crippen molar-refractivity contribution in [3.63, 3.8) is 0 Å². The minimum Gasteiger partial charge on any atom is -0.455 e. The summed E-state index contributed by atoms with van der Waals surface area (Å²) in [5.74, 6) is 1.85. The minimum atomic E-state index is -0.0520. The molecule has 0 N–H and O–H groups in total. The molecule has 0 bridgehead atoms. The maximum Gasteiger partial charge on any atom is 0.164 e. The van der Waals surface area contributed by atoms with Crippen LogP contribution in [0.15, 0.2) is 180 Å². The Bertz CT molecular complexity index is 3090. The van der Waals surface area contributed by atoms with Crippen molar-refractivity contribution in [2.24, 2.45) is 0 Å². The number of benzene rings is 8. The van der Waals surface area contributed by atoms with Crippen LogP contribution in [-0.2, 0) is 5.41 Å². The number of furan rings is 1. The molecule has 11 rings (SSSR count). The van der Waals surface area contributed by atoms with Gasteiger partial charge in [0.05, 0.1) is 0 Å². The lowest BCUT2D eigenvalue weighted by atomic mass is 9.81. The van der Waals surface area contributed by atoms with Crippen LogP contribution >= 0.6 is 0 Å². The summed E-state index contributed by atoms with van der Waals surface area (Å²) in [5, 5.41) is 4.29. The molecule has 0 saturated carbocycles. The van der Waals surface area contributed by atoms with Crippen LogP contribution in [0.2, 0.25) is 0 Å². The summed E-state index contributed by atoms with van der Waals surface area (Å²) in [6.45, 7) is 4.66. The third-order valence-corrected chi connectivity index (χ3v) is 11.5.